The Bertz CT molecular complexity index is 1260. The van der Waals surface area contributed by atoms with Crippen molar-refractivity contribution < 1.29 is 32.3 Å². The molecule has 5 rings (SSSR count). The van der Waals surface area contributed by atoms with E-state index in [2.05, 4.69) is 11.4 Å². The standard InChI is InChI=1S/C28H32F3N5O4/c1-35(23(37)21(10-16-6-7-16)34-26(40)28(29,30)31)22(11-17-8-9-17)24(38)36-15-27(12-19(36)13-32)20-5-3-2-4-18(20)14-33-25(27)39/h2-5,16-17,19,21-22H,6-12,14-15H2,1H3,(H,33,39)(H,34,40)/t19-,21+,22+,27-/m1/s1. The van der Waals surface area contributed by atoms with E-state index in [1.807, 2.05) is 29.6 Å². The van der Waals surface area contributed by atoms with E-state index in [1.165, 1.54) is 11.9 Å². The predicted molar refractivity (Wildman–Crippen MR) is 135 cm³/mol. The molecule has 4 atom stereocenters. The Kier molecular flexibility index (Phi) is 7.27. The van der Waals surface area contributed by atoms with E-state index in [9.17, 15) is 37.6 Å². The van der Waals surface area contributed by atoms with Crippen LogP contribution in [-0.2, 0) is 31.1 Å². The third kappa shape index (κ3) is 5.38. The maximum absolute atomic E-state index is 14.1. The lowest BCUT2D eigenvalue weighted by molar-refractivity contribution is -0.175. The summed E-state index contributed by atoms with van der Waals surface area (Å²) in [5.41, 5.74) is 0.544. The third-order valence-electron chi connectivity index (χ3n) is 8.68. The fraction of sp³-hybridized carbons (Fsp3) is 0.607. The molecule has 2 aliphatic heterocycles. The molecule has 12 heteroatoms. The molecule has 9 nitrogen and oxygen atoms in total. The van der Waals surface area contributed by atoms with Crippen LogP contribution in [-0.4, -0.2) is 71.3 Å². The maximum atomic E-state index is 14.1. The van der Waals surface area contributed by atoms with Gasteiger partial charge in [-0.05, 0) is 35.8 Å². The van der Waals surface area contributed by atoms with Crippen LogP contribution in [0.25, 0.3) is 0 Å². The van der Waals surface area contributed by atoms with E-state index in [0.717, 1.165) is 41.7 Å². The van der Waals surface area contributed by atoms with Gasteiger partial charge in [-0.15, -0.1) is 0 Å². The summed E-state index contributed by atoms with van der Waals surface area (Å²) in [5, 5.41) is 14.7. The van der Waals surface area contributed by atoms with Crippen LogP contribution < -0.4 is 10.6 Å². The highest BCUT2D eigenvalue weighted by molar-refractivity contribution is 5.95. The van der Waals surface area contributed by atoms with Gasteiger partial charge in [-0.25, -0.2) is 0 Å². The minimum Gasteiger partial charge on any atom is -0.351 e. The summed E-state index contributed by atoms with van der Waals surface area (Å²) in [6.45, 7) is 0.294. The number of halogens is 3. The molecular formula is C28H32F3N5O4. The van der Waals surface area contributed by atoms with E-state index >= 15 is 0 Å². The number of carbonyl (C=O) groups excluding carboxylic acids is 4. The average molecular weight is 560 g/mol. The van der Waals surface area contributed by atoms with E-state index in [0.29, 0.717) is 6.54 Å². The first-order valence-corrected chi connectivity index (χ1v) is 13.7. The van der Waals surface area contributed by atoms with E-state index in [-0.39, 0.29) is 43.6 Å². The van der Waals surface area contributed by atoms with E-state index in [4.69, 9.17) is 0 Å². The number of hydrogen-bond acceptors (Lipinski definition) is 5. The fourth-order valence-electron chi connectivity index (χ4n) is 6.05. The van der Waals surface area contributed by atoms with Crippen molar-refractivity contribution >= 4 is 23.6 Å². The molecule has 0 bridgehead atoms. The van der Waals surface area contributed by atoms with Gasteiger partial charge in [0.25, 0.3) is 0 Å². The van der Waals surface area contributed by atoms with Gasteiger partial charge >= 0.3 is 12.1 Å². The van der Waals surface area contributed by atoms with Gasteiger partial charge in [-0.3, -0.25) is 19.2 Å². The zero-order valence-electron chi connectivity index (χ0n) is 22.2. The molecule has 0 radical (unpaired) electrons. The van der Waals surface area contributed by atoms with Gasteiger partial charge in [0.2, 0.25) is 17.7 Å². The number of nitrogens with one attached hydrogen (secondary N) is 2. The maximum Gasteiger partial charge on any atom is 0.471 e. The molecule has 1 aromatic rings. The van der Waals surface area contributed by atoms with Crippen LogP contribution in [0.3, 0.4) is 0 Å². The lowest BCUT2D eigenvalue weighted by Crippen LogP contribution is -2.57. The summed E-state index contributed by atoms with van der Waals surface area (Å²) in [6.07, 6.45) is -1.50. The molecule has 2 saturated carbocycles. The molecule has 3 fully saturated rings. The van der Waals surface area contributed by atoms with E-state index in [1.54, 1.807) is 0 Å². The molecule has 4 amide bonds. The predicted octanol–water partition coefficient (Wildman–Crippen LogP) is 2.15. The highest BCUT2D eigenvalue weighted by Gasteiger charge is 2.55. The van der Waals surface area contributed by atoms with Gasteiger partial charge in [-0.2, -0.15) is 18.4 Å². The Morgan fingerprint density at radius 2 is 1.82 bits per heavy atom. The first kappa shape index (κ1) is 27.9. The Labute approximate surface area is 230 Å². The molecule has 2 aliphatic carbocycles. The molecule has 2 heterocycles. The first-order valence-electron chi connectivity index (χ1n) is 13.7. The number of alkyl halides is 3. The van der Waals surface area contributed by atoms with Crippen molar-refractivity contribution in [3.05, 3.63) is 35.4 Å². The summed E-state index contributed by atoms with van der Waals surface area (Å²) >= 11 is 0. The van der Waals surface area contributed by atoms with Gasteiger partial charge in [0.15, 0.2) is 0 Å². The zero-order chi connectivity index (χ0) is 28.8. The van der Waals surface area contributed by atoms with Gasteiger partial charge in [0.1, 0.15) is 18.1 Å². The number of hydrogen-bond donors (Lipinski definition) is 2. The summed E-state index contributed by atoms with van der Waals surface area (Å²) in [5.74, 6) is -3.57. The van der Waals surface area contributed by atoms with Crippen molar-refractivity contribution in [2.75, 3.05) is 13.6 Å². The van der Waals surface area contributed by atoms with Crippen LogP contribution in [0.1, 0.15) is 56.1 Å². The average Bonchev–Trinajstić information content (AvgIpc) is 3.87. The Balaban J connectivity index is 1.41. The van der Waals surface area contributed by atoms with Crippen LogP contribution in [0, 0.1) is 23.2 Å². The van der Waals surface area contributed by atoms with Crippen molar-refractivity contribution in [1.29, 1.82) is 5.26 Å². The molecular weight excluding hydrogens is 527 g/mol. The Morgan fingerprint density at radius 1 is 1.18 bits per heavy atom. The number of rotatable bonds is 8. The van der Waals surface area contributed by atoms with Crippen LogP contribution >= 0.6 is 0 Å². The number of nitrogens with zero attached hydrogens (tertiary/aromatic N) is 3. The van der Waals surface area contributed by atoms with Crippen molar-refractivity contribution in [1.82, 2.24) is 20.4 Å². The Hall–Kier alpha value is -3.62. The van der Waals surface area contributed by atoms with Crippen molar-refractivity contribution in [2.45, 2.75) is 81.2 Å². The van der Waals surface area contributed by atoms with Crippen LogP contribution in [0.4, 0.5) is 13.2 Å². The zero-order valence-corrected chi connectivity index (χ0v) is 22.2. The molecule has 214 valence electrons. The van der Waals surface area contributed by atoms with Crippen molar-refractivity contribution in [2.24, 2.45) is 11.8 Å². The van der Waals surface area contributed by atoms with Crippen molar-refractivity contribution in [3.63, 3.8) is 0 Å². The fourth-order valence-corrected chi connectivity index (χ4v) is 6.05. The van der Waals surface area contributed by atoms with Gasteiger partial charge < -0.3 is 20.4 Å². The largest absolute Gasteiger partial charge is 0.471 e. The van der Waals surface area contributed by atoms with Gasteiger partial charge in [0.05, 0.1) is 11.5 Å². The minimum absolute atomic E-state index is 0.0276. The smallest absolute Gasteiger partial charge is 0.351 e. The number of likely N-dealkylation sites (tertiary alicyclic amines) is 1. The summed E-state index contributed by atoms with van der Waals surface area (Å²) < 4.78 is 39.1. The highest BCUT2D eigenvalue weighted by Crippen LogP contribution is 2.43. The summed E-state index contributed by atoms with van der Waals surface area (Å²) in [6, 6.07) is 6.14. The topological polar surface area (TPSA) is 123 Å². The second-order valence-electron chi connectivity index (χ2n) is 11.6. The first-order chi connectivity index (χ1) is 18.9. The molecule has 1 saturated heterocycles. The third-order valence-corrected chi connectivity index (χ3v) is 8.68. The second-order valence-corrected chi connectivity index (χ2v) is 11.6. The molecule has 2 N–H and O–H groups in total. The van der Waals surface area contributed by atoms with Crippen LogP contribution in [0.15, 0.2) is 24.3 Å². The molecule has 4 aliphatic rings. The number of fused-ring (bicyclic) bond motifs is 2. The number of nitriles is 1. The van der Waals surface area contributed by atoms with Gasteiger partial charge in [-0.1, -0.05) is 49.9 Å². The lowest BCUT2D eigenvalue weighted by atomic mass is 9.73. The molecule has 40 heavy (non-hydrogen) atoms. The lowest BCUT2D eigenvalue weighted by Gasteiger charge is -2.36. The van der Waals surface area contributed by atoms with Gasteiger partial charge in [0, 0.05) is 26.6 Å². The molecule has 1 aromatic carbocycles. The SMILES string of the molecule is CN(C(=O)[C@H](CC1CC1)NC(=O)C(F)(F)F)[C@@H](CC1CC1)C(=O)N1C[C@@]2(C[C@@H]1C#N)C(=O)NCc1ccccc12. The monoisotopic (exact) mass is 559 g/mol. The molecule has 0 aromatic heterocycles. The summed E-state index contributed by atoms with van der Waals surface area (Å²) in [4.78, 5) is 55.1. The Morgan fingerprint density at radius 3 is 2.45 bits per heavy atom. The molecule has 0 unspecified atom stereocenters. The van der Waals surface area contributed by atoms with E-state index < -0.39 is 47.4 Å². The second kappa shape index (κ2) is 10.4. The van der Waals surface area contributed by atoms with Crippen LogP contribution in [0.5, 0.6) is 0 Å². The highest BCUT2D eigenvalue weighted by atomic mass is 19.4. The summed E-state index contributed by atoms with van der Waals surface area (Å²) in [7, 11) is 1.36. The van der Waals surface area contributed by atoms with Crippen LogP contribution in [0.2, 0.25) is 0 Å². The number of likely N-dealkylation sites (N-methyl/N-ethyl adjacent to an activating group) is 1. The van der Waals surface area contributed by atoms with Crippen molar-refractivity contribution in [3.8, 4) is 6.07 Å². The normalized spacial score (nSPS) is 25.4. The number of benzene rings is 1. The minimum atomic E-state index is -5.15. The number of amides is 4. The quantitative estimate of drug-likeness (QED) is 0.506. The molecule has 1 spiro atoms. The number of carbonyl (C=O) groups is 4.